The third-order valence-electron chi connectivity index (χ3n) is 2.57. The van der Waals surface area contributed by atoms with Gasteiger partial charge in [-0.25, -0.2) is 0 Å². The Kier molecular flexibility index (Phi) is 1.82. The van der Waals surface area contributed by atoms with Gasteiger partial charge in [-0.2, -0.15) is 0 Å². The van der Waals surface area contributed by atoms with Gasteiger partial charge in [-0.1, -0.05) is 24.3 Å². The molecule has 1 N–H and O–H groups in total. The molecule has 14 heavy (non-hydrogen) atoms. The van der Waals surface area contributed by atoms with Crippen LogP contribution in [0.3, 0.4) is 0 Å². The third kappa shape index (κ3) is 1.19. The van der Waals surface area contributed by atoms with Gasteiger partial charge in [-0.3, -0.25) is 4.79 Å². The number of benzene rings is 1. The van der Waals surface area contributed by atoms with Crippen LogP contribution in [0.25, 0.3) is 0 Å². The van der Waals surface area contributed by atoms with Gasteiger partial charge in [0.2, 0.25) is 0 Å². The lowest BCUT2D eigenvalue weighted by Gasteiger charge is -2.27. The van der Waals surface area contributed by atoms with Crippen LogP contribution in [-0.2, 0) is 5.60 Å². The molecule has 1 aromatic rings. The van der Waals surface area contributed by atoms with E-state index in [1.807, 2.05) is 12.1 Å². The number of fused-ring (bicyclic) bond motifs is 1. The summed E-state index contributed by atoms with van der Waals surface area (Å²) >= 11 is 0. The van der Waals surface area contributed by atoms with Crippen LogP contribution in [0.4, 0.5) is 0 Å². The fourth-order valence-corrected chi connectivity index (χ4v) is 1.90. The average Bonchev–Trinajstić information content (AvgIpc) is 2.14. The first kappa shape index (κ1) is 9.16. The second kappa shape index (κ2) is 2.79. The molecule has 0 aromatic heterocycles. The summed E-state index contributed by atoms with van der Waals surface area (Å²) in [6.07, 6.45) is 1.61. The number of hydrogen-bond donors (Lipinski definition) is 1. The molecule has 1 aliphatic rings. The number of allylic oxidation sites excluding steroid dienone is 1. The molecule has 1 atom stereocenters. The molecule has 2 nitrogen and oxygen atoms in total. The smallest absolute Gasteiger partial charge is 0.188 e. The SMILES string of the molecule is CC1=CC(C)(O)c2ccccc2C1=O. The Hall–Kier alpha value is -1.41. The predicted molar refractivity (Wildman–Crippen MR) is 54.1 cm³/mol. The van der Waals surface area contributed by atoms with Crippen LogP contribution in [-0.4, -0.2) is 10.9 Å². The summed E-state index contributed by atoms with van der Waals surface area (Å²) < 4.78 is 0. The predicted octanol–water partition coefficient (Wildman–Crippen LogP) is 2.04. The second-order valence-corrected chi connectivity index (χ2v) is 3.85. The van der Waals surface area contributed by atoms with Crippen molar-refractivity contribution in [2.24, 2.45) is 0 Å². The summed E-state index contributed by atoms with van der Waals surface area (Å²) in [7, 11) is 0. The molecule has 0 radical (unpaired) electrons. The highest BCUT2D eigenvalue weighted by Gasteiger charge is 2.31. The molecule has 0 aliphatic heterocycles. The topological polar surface area (TPSA) is 37.3 Å². The summed E-state index contributed by atoms with van der Waals surface area (Å²) in [4.78, 5) is 11.7. The molecule has 2 rings (SSSR count). The van der Waals surface area contributed by atoms with Gasteiger partial charge >= 0.3 is 0 Å². The Balaban J connectivity index is 2.71. The summed E-state index contributed by atoms with van der Waals surface area (Å²) in [5.41, 5.74) is 0.885. The van der Waals surface area contributed by atoms with E-state index in [1.165, 1.54) is 0 Å². The number of rotatable bonds is 0. The minimum absolute atomic E-state index is 0.00660. The van der Waals surface area contributed by atoms with Gasteiger partial charge in [0.25, 0.3) is 0 Å². The zero-order valence-electron chi connectivity index (χ0n) is 8.24. The lowest BCUT2D eigenvalue weighted by atomic mass is 9.82. The maximum atomic E-state index is 11.7. The van der Waals surface area contributed by atoms with Crippen molar-refractivity contribution in [2.75, 3.05) is 0 Å². The monoisotopic (exact) mass is 188 g/mol. The lowest BCUT2D eigenvalue weighted by Crippen LogP contribution is -2.27. The van der Waals surface area contributed by atoms with Gasteiger partial charge in [0.05, 0.1) is 0 Å². The fourth-order valence-electron chi connectivity index (χ4n) is 1.90. The van der Waals surface area contributed by atoms with Crippen molar-refractivity contribution < 1.29 is 9.90 Å². The number of Topliss-reactive ketones (excluding diaryl/α,β-unsaturated/α-hetero) is 1. The van der Waals surface area contributed by atoms with E-state index < -0.39 is 5.60 Å². The maximum absolute atomic E-state index is 11.7. The second-order valence-electron chi connectivity index (χ2n) is 3.85. The van der Waals surface area contributed by atoms with Gasteiger partial charge in [-0.15, -0.1) is 0 Å². The Morgan fingerprint density at radius 2 is 1.93 bits per heavy atom. The van der Waals surface area contributed by atoms with E-state index in [4.69, 9.17) is 0 Å². The van der Waals surface area contributed by atoms with Crippen LogP contribution in [0, 0.1) is 0 Å². The molecule has 1 aliphatic carbocycles. The molecule has 1 unspecified atom stereocenters. The minimum atomic E-state index is -1.02. The van der Waals surface area contributed by atoms with Crippen molar-refractivity contribution in [1.29, 1.82) is 0 Å². The van der Waals surface area contributed by atoms with Crippen molar-refractivity contribution in [3.63, 3.8) is 0 Å². The van der Waals surface area contributed by atoms with Gasteiger partial charge in [0.1, 0.15) is 5.60 Å². The Morgan fingerprint density at radius 3 is 2.64 bits per heavy atom. The summed E-state index contributed by atoms with van der Waals surface area (Å²) in [5, 5.41) is 10.1. The van der Waals surface area contributed by atoms with Crippen molar-refractivity contribution in [3.8, 4) is 0 Å². The average molecular weight is 188 g/mol. The molecular formula is C12H12O2. The highest BCUT2D eigenvalue weighted by atomic mass is 16.3. The molecule has 0 saturated heterocycles. The zero-order valence-corrected chi connectivity index (χ0v) is 8.24. The molecule has 0 heterocycles. The number of hydrogen-bond acceptors (Lipinski definition) is 2. The van der Waals surface area contributed by atoms with Crippen LogP contribution < -0.4 is 0 Å². The van der Waals surface area contributed by atoms with Gasteiger partial charge in [0.15, 0.2) is 5.78 Å². The Morgan fingerprint density at radius 1 is 1.29 bits per heavy atom. The number of aliphatic hydroxyl groups is 1. The van der Waals surface area contributed by atoms with E-state index in [9.17, 15) is 9.90 Å². The summed E-state index contributed by atoms with van der Waals surface area (Å²) in [5.74, 6) is 0.00660. The first-order valence-corrected chi connectivity index (χ1v) is 4.58. The molecule has 0 spiro atoms. The standard InChI is InChI=1S/C12H12O2/c1-8-7-12(2,14)10-6-4-3-5-9(10)11(8)13/h3-7,14H,1-2H3. The van der Waals surface area contributed by atoms with Crippen LogP contribution in [0.2, 0.25) is 0 Å². The Labute approximate surface area is 82.9 Å². The molecule has 2 heteroatoms. The van der Waals surface area contributed by atoms with Crippen LogP contribution in [0.15, 0.2) is 35.9 Å². The molecule has 0 saturated carbocycles. The van der Waals surface area contributed by atoms with E-state index in [-0.39, 0.29) is 5.78 Å². The number of carbonyl (C=O) groups is 1. The van der Waals surface area contributed by atoms with Crippen LogP contribution in [0.5, 0.6) is 0 Å². The number of carbonyl (C=O) groups excluding carboxylic acids is 1. The van der Waals surface area contributed by atoms with E-state index in [0.717, 1.165) is 0 Å². The molecule has 0 amide bonds. The van der Waals surface area contributed by atoms with E-state index >= 15 is 0 Å². The van der Waals surface area contributed by atoms with Crippen molar-refractivity contribution in [2.45, 2.75) is 19.4 Å². The quantitative estimate of drug-likeness (QED) is 0.676. The van der Waals surface area contributed by atoms with Crippen molar-refractivity contribution in [1.82, 2.24) is 0 Å². The summed E-state index contributed by atoms with van der Waals surface area (Å²) in [6.45, 7) is 3.43. The van der Waals surface area contributed by atoms with E-state index in [0.29, 0.717) is 16.7 Å². The summed E-state index contributed by atoms with van der Waals surface area (Å²) in [6, 6.07) is 7.18. The first-order valence-electron chi connectivity index (χ1n) is 4.58. The molecule has 72 valence electrons. The fraction of sp³-hybridized carbons (Fsp3) is 0.250. The largest absolute Gasteiger partial charge is 0.381 e. The molecule has 0 bridgehead atoms. The minimum Gasteiger partial charge on any atom is -0.381 e. The van der Waals surface area contributed by atoms with E-state index in [1.54, 1.807) is 32.1 Å². The van der Waals surface area contributed by atoms with Crippen LogP contribution >= 0.6 is 0 Å². The first-order chi connectivity index (χ1) is 6.52. The number of ketones is 1. The van der Waals surface area contributed by atoms with Crippen molar-refractivity contribution in [3.05, 3.63) is 47.0 Å². The van der Waals surface area contributed by atoms with Crippen LogP contribution in [0.1, 0.15) is 29.8 Å². The zero-order chi connectivity index (χ0) is 10.3. The van der Waals surface area contributed by atoms with Gasteiger partial charge in [-0.05, 0) is 31.1 Å². The molecular weight excluding hydrogens is 176 g/mol. The highest BCUT2D eigenvalue weighted by molar-refractivity contribution is 6.10. The highest BCUT2D eigenvalue weighted by Crippen LogP contribution is 2.32. The van der Waals surface area contributed by atoms with E-state index in [2.05, 4.69) is 0 Å². The maximum Gasteiger partial charge on any atom is 0.188 e. The normalized spacial score (nSPS) is 25.6. The van der Waals surface area contributed by atoms with Gasteiger partial charge in [0, 0.05) is 5.56 Å². The molecule has 1 aromatic carbocycles. The lowest BCUT2D eigenvalue weighted by molar-refractivity contribution is 0.0912. The van der Waals surface area contributed by atoms with Gasteiger partial charge < -0.3 is 5.11 Å². The molecule has 0 fully saturated rings. The third-order valence-corrected chi connectivity index (χ3v) is 2.57. The van der Waals surface area contributed by atoms with Crippen molar-refractivity contribution >= 4 is 5.78 Å². The Bertz CT molecular complexity index is 428.